The predicted octanol–water partition coefficient (Wildman–Crippen LogP) is 5.30. The monoisotopic (exact) mass is 480 g/mol. The molecule has 1 aliphatic heterocycles. The van der Waals surface area contributed by atoms with E-state index in [1.54, 1.807) is 7.11 Å². The number of rotatable bonds is 5. The van der Waals surface area contributed by atoms with E-state index < -0.39 is 0 Å². The van der Waals surface area contributed by atoms with Gasteiger partial charge in [-0.2, -0.15) is 0 Å². The van der Waals surface area contributed by atoms with Crippen LogP contribution in [-0.2, 0) is 4.79 Å². The predicted molar refractivity (Wildman–Crippen MR) is 112 cm³/mol. The molecular formula is C20H22Br2N2O2. The lowest BCUT2D eigenvalue weighted by Crippen LogP contribution is -2.33. The van der Waals surface area contributed by atoms with E-state index >= 15 is 0 Å². The van der Waals surface area contributed by atoms with Gasteiger partial charge >= 0.3 is 0 Å². The fraction of sp³-hybridized carbons (Fsp3) is 0.350. The van der Waals surface area contributed by atoms with Crippen molar-refractivity contribution in [1.29, 1.82) is 0 Å². The van der Waals surface area contributed by atoms with Gasteiger partial charge in [-0.05, 0) is 93.6 Å². The van der Waals surface area contributed by atoms with E-state index in [0.717, 1.165) is 45.3 Å². The van der Waals surface area contributed by atoms with Crippen molar-refractivity contribution in [2.75, 3.05) is 25.5 Å². The number of nitrogens with zero attached hydrogens (tertiary/aromatic N) is 1. The Hall–Kier alpha value is -1.37. The largest absolute Gasteiger partial charge is 0.497 e. The Morgan fingerprint density at radius 3 is 2.50 bits per heavy atom. The first-order valence-electron chi connectivity index (χ1n) is 8.61. The molecule has 26 heavy (non-hydrogen) atoms. The van der Waals surface area contributed by atoms with Gasteiger partial charge in [0.15, 0.2) is 0 Å². The highest BCUT2D eigenvalue weighted by Gasteiger charge is 2.27. The maximum Gasteiger partial charge on any atom is 0.238 e. The van der Waals surface area contributed by atoms with Crippen molar-refractivity contribution in [2.24, 2.45) is 0 Å². The molecule has 0 spiro atoms. The van der Waals surface area contributed by atoms with Gasteiger partial charge < -0.3 is 10.1 Å². The Balaban J connectivity index is 1.68. The van der Waals surface area contributed by atoms with E-state index in [-0.39, 0.29) is 11.9 Å². The van der Waals surface area contributed by atoms with Crippen molar-refractivity contribution >= 4 is 43.5 Å². The van der Waals surface area contributed by atoms with E-state index in [0.29, 0.717) is 6.54 Å². The summed E-state index contributed by atoms with van der Waals surface area (Å²) in [6.07, 6.45) is 2.17. The number of nitrogens with one attached hydrogen (secondary N) is 1. The fourth-order valence-electron chi connectivity index (χ4n) is 3.40. The molecule has 0 saturated carbocycles. The number of hydrogen-bond donors (Lipinski definition) is 1. The Labute approximate surface area is 171 Å². The van der Waals surface area contributed by atoms with Crippen LogP contribution in [0.4, 0.5) is 5.69 Å². The number of amides is 1. The first-order chi connectivity index (χ1) is 12.5. The first-order valence-corrected chi connectivity index (χ1v) is 10.2. The molecule has 1 saturated heterocycles. The molecule has 0 aliphatic carbocycles. The SMILES string of the molecule is COc1ccc(C2CCCN2CC(=O)Nc2c(Br)cc(C)cc2Br)cc1. The lowest BCUT2D eigenvalue weighted by atomic mass is 10.0. The van der Waals surface area contributed by atoms with Crippen LogP contribution in [0.2, 0.25) is 0 Å². The molecule has 1 aliphatic rings. The van der Waals surface area contributed by atoms with Crippen LogP contribution >= 0.6 is 31.9 Å². The lowest BCUT2D eigenvalue weighted by molar-refractivity contribution is -0.117. The van der Waals surface area contributed by atoms with E-state index in [1.807, 2.05) is 31.2 Å². The summed E-state index contributed by atoms with van der Waals surface area (Å²) in [6, 6.07) is 12.4. The van der Waals surface area contributed by atoms with Crippen LogP contribution < -0.4 is 10.1 Å². The van der Waals surface area contributed by atoms with Gasteiger partial charge in [-0.1, -0.05) is 12.1 Å². The van der Waals surface area contributed by atoms with Crippen molar-refractivity contribution in [3.05, 3.63) is 56.5 Å². The molecule has 3 rings (SSSR count). The second kappa shape index (κ2) is 8.55. The standard InChI is InChI=1S/C20H22Br2N2O2/c1-13-10-16(21)20(17(22)11-13)23-19(25)12-24-9-3-4-18(24)14-5-7-15(26-2)8-6-14/h5-8,10-11,18H,3-4,9,12H2,1-2H3,(H,23,25). The van der Waals surface area contributed by atoms with Crippen molar-refractivity contribution in [3.8, 4) is 5.75 Å². The maximum absolute atomic E-state index is 12.6. The molecule has 138 valence electrons. The summed E-state index contributed by atoms with van der Waals surface area (Å²) in [5.41, 5.74) is 3.13. The van der Waals surface area contributed by atoms with E-state index in [4.69, 9.17) is 4.74 Å². The zero-order chi connectivity index (χ0) is 18.7. The number of likely N-dealkylation sites (tertiary alicyclic amines) is 1. The van der Waals surface area contributed by atoms with Gasteiger partial charge in [0.05, 0.1) is 19.3 Å². The van der Waals surface area contributed by atoms with Crippen LogP contribution in [0.15, 0.2) is 45.3 Å². The van der Waals surface area contributed by atoms with Gasteiger partial charge in [0, 0.05) is 15.0 Å². The summed E-state index contributed by atoms with van der Waals surface area (Å²) >= 11 is 7.06. The summed E-state index contributed by atoms with van der Waals surface area (Å²) in [5.74, 6) is 0.848. The smallest absolute Gasteiger partial charge is 0.238 e. The van der Waals surface area contributed by atoms with Gasteiger partial charge in [0.1, 0.15) is 5.75 Å². The van der Waals surface area contributed by atoms with Crippen LogP contribution in [0.25, 0.3) is 0 Å². The Morgan fingerprint density at radius 1 is 1.23 bits per heavy atom. The number of anilines is 1. The van der Waals surface area contributed by atoms with Crippen LogP contribution in [-0.4, -0.2) is 31.0 Å². The third kappa shape index (κ3) is 4.48. The number of carbonyl (C=O) groups is 1. The number of carbonyl (C=O) groups excluding carboxylic acids is 1. The highest BCUT2D eigenvalue weighted by atomic mass is 79.9. The number of ether oxygens (including phenoxy) is 1. The average Bonchev–Trinajstić information content (AvgIpc) is 3.06. The topological polar surface area (TPSA) is 41.6 Å². The van der Waals surface area contributed by atoms with E-state index in [9.17, 15) is 4.79 Å². The van der Waals surface area contributed by atoms with Gasteiger partial charge in [-0.25, -0.2) is 0 Å². The van der Waals surface area contributed by atoms with Gasteiger partial charge in [0.25, 0.3) is 0 Å². The zero-order valence-electron chi connectivity index (χ0n) is 14.9. The fourth-order valence-corrected chi connectivity index (χ4v) is 5.02. The van der Waals surface area contributed by atoms with Crippen molar-refractivity contribution < 1.29 is 9.53 Å². The molecule has 1 heterocycles. The summed E-state index contributed by atoms with van der Waals surface area (Å²) < 4.78 is 6.99. The van der Waals surface area contributed by atoms with Crippen molar-refractivity contribution in [2.45, 2.75) is 25.8 Å². The highest BCUT2D eigenvalue weighted by Crippen LogP contribution is 2.34. The number of methoxy groups -OCH3 is 1. The minimum absolute atomic E-state index is 0.00401. The van der Waals surface area contributed by atoms with Crippen LogP contribution in [0, 0.1) is 6.92 Å². The number of halogens is 2. The number of hydrogen-bond acceptors (Lipinski definition) is 3. The van der Waals surface area contributed by atoms with Crippen LogP contribution in [0.5, 0.6) is 5.75 Å². The van der Waals surface area contributed by atoms with Gasteiger partial charge in [-0.3, -0.25) is 9.69 Å². The summed E-state index contributed by atoms with van der Waals surface area (Å²) in [6.45, 7) is 3.33. The van der Waals surface area contributed by atoms with Crippen molar-refractivity contribution in [1.82, 2.24) is 4.90 Å². The van der Waals surface area contributed by atoms with Crippen LogP contribution in [0.3, 0.4) is 0 Å². The minimum atomic E-state index is -0.00401. The molecule has 6 heteroatoms. The van der Waals surface area contributed by atoms with E-state index in [1.165, 1.54) is 5.56 Å². The Morgan fingerprint density at radius 2 is 1.88 bits per heavy atom. The Bertz CT molecular complexity index is 770. The maximum atomic E-state index is 12.6. The summed E-state index contributed by atoms with van der Waals surface area (Å²) in [7, 11) is 1.67. The lowest BCUT2D eigenvalue weighted by Gasteiger charge is -2.24. The third-order valence-corrected chi connectivity index (χ3v) is 5.91. The van der Waals surface area contributed by atoms with Gasteiger partial charge in [0.2, 0.25) is 5.91 Å². The first kappa shape index (κ1) is 19.4. The van der Waals surface area contributed by atoms with Crippen molar-refractivity contribution in [3.63, 3.8) is 0 Å². The second-order valence-electron chi connectivity index (χ2n) is 6.55. The van der Waals surface area contributed by atoms with Crippen LogP contribution in [0.1, 0.15) is 30.0 Å². The normalized spacial score (nSPS) is 17.3. The minimum Gasteiger partial charge on any atom is -0.497 e. The number of benzene rings is 2. The molecule has 4 nitrogen and oxygen atoms in total. The summed E-state index contributed by atoms with van der Waals surface area (Å²) in [4.78, 5) is 14.9. The molecule has 0 aromatic heterocycles. The zero-order valence-corrected chi connectivity index (χ0v) is 18.1. The molecule has 1 amide bonds. The molecule has 1 atom stereocenters. The molecule has 0 bridgehead atoms. The second-order valence-corrected chi connectivity index (χ2v) is 8.26. The molecule has 1 fully saturated rings. The summed E-state index contributed by atoms with van der Waals surface area (Å²) in [5, 5.41) is 3.03. The number of aryl methyl sites for hydroxylation is 1. The quantitative estimate of drug-likeness (QED) is 0.629. The Kier molecular flexibility index (Phi) is 6.37. The molecular weight excluding hydrogens is 460 g/mol. The molecule has 2 aromatic carbocycles. The third-order valence-electron chi connectivity index (χ3n) is 4.66. The molecule has 2 aromatic rings. The highest BCUT2D eigenvalue weighted by molar-refractivity contribution is 9.11. The average molecular weight is 482 g/mol. The van der Waals surface area contributed by atoms with E-state index in [2.05, 4.69) is 54.2 Å². The van der Waals surface area contributed by atoms with Gasteiger partial charge in [-0.15, -0.1) is 0 Å². The molecule has 1 N–H and O–H groups in total. The molecule has 1 unspecified atom stereocenters. The molecule has 0 radical (unpaired) electrons.